The number of carbonyl (C=O) groups excluding carboxylic acids is 1. The molecule has 0 fully saturated rings. The molecule has 0 saturated carbocycles. The summed E-state index contributed by atoms with van der Waals surface area (Å²) in [7, 11) is -3.59. The fourth-order valence-electron chi connectivity index (χ4n) is 2.65. The Bertz CT molecular complexity index is 912. The van der Waals surface area contributed by atoms with Crippen molar-refractivity contribution in [1.29, 1.82) is 0 Å². The first-order chi connectivity index (χ1) is 13.3. The second-order valence-electron chi connectivity index (χ2n) is 6.71. The second-order valence-corrected chi connectivity index (χ2v) is 8.57. The topological polar surface area (TPSA) is 75.7 Å². The Morgan fingerprint density at radius 3 is 2.50 bits per heavy atom. The number of hydrogen-bond acceptors (Lipinski definition) is 4. The zero-order valence-corrected chi connectivity index (χ0v) is 17.6. The van der Waals surface area contributed by atoms with E-state index in [-0.39, 0.29) is 23.6 Å². The Kier molecular flexibility index (Phi) is 7.45. The van der Waals surface area contributed by atoms with Gasteiger partial charge in [0.05, 0.1) is 5.75 Å². The van der Waals surface area contributed by atoms with E-state index in [1.165, 1.54) is 6.92 Å². The first kappa shape index (κ1) is 21.8. The summed E-state index contributed by atoms with van der Waals surface area (Å²) in [5, 5.41) is 2.97. The number of aryl methyl sites for hydroxylation is 1. The zero-order valence-electron chi connectivity index (χ0n) is 16.8. The molecule has 1 atom stereocenters. The molecule has 7 heteroatoms. The fourth-order valence-corrected chi connectivity index (χ4v) is 3.16. The molecular weight excluding hydrogens is 376 g/mol. The minimum atomic E-state index is -3.59. The monoisotopic (exact) mass is 404 g/mol. The predicted molar refractivity (Wildman–Crippen MR) is 112 cm³/mol. The van der Waals surface area contributed by atoms with Gasteiger partial charge in [-0.25, -0.2) is 4.79 Å². The molecule has 1 N–H and O–H groups in total. The van der Waals surface area contributed by atoms with Gasteiger partial charge in [0, 0.05) is 18.3 Å². The van der Waals surface area contributed by atoms with Crippen LogP contribution >= 0.6 is 0 Å². The summed E-state index contributed by atoms with van der Waals surface area (Å²) >= 11 is 0. The highest BCUT2D eigenvalue weighted by Gasteiger charge is 2.20. The third kappa shape index (κ3) is 5.99. The second kappa shape index (κ2) is 9.59. The lowest BCUT2D eigenvalue weighted by atomic mass is 10.1. The molecule has 0 bridgehead atoms. The maximum absolute atomic E-state index is 12.9. The molecule has 152 valence electrons. The highest BCUT2D eigenvalue weighted by atomic mass is 32.2. The van der Waals surface area contributed by atoms with Crippen molar-refractivity contribution in [3.8, 4) is 5.75 Å². The number of rotatable bonds is 8. The van der Waals surface area contributed by atoms with Gasteiger partial charge in [0.2, 0.25) is 0 Å². The number of nitrogens with zero attached hydrogens (tertiary/aromatic N) is 1. The van der Waals surface area contributed by atoms with Crippen molar-refractivity contribution < 1.29 is 17.4 Å². The normalized spacial score (nSPS) is 12.3. The molecule has 1 unspecified atom stereocenters. The Balaban J connectivity index is 2.20. The molecule has 0 saturated heterocycles. The molecule has 28 heavy (non-hydrogen) atoms. The molecule has 2 aromatic rings. The number of carbonyl (C=O) groups is 1. The van der Waals surface area contributed by atoms with Crippen molar-refractivity contribution in [2.75, 3.05) is 11.1 Å². The largest absolute Gasteiger partial charge is 0.382 e. The van der Waals surface area contributed by atoms with E-state index in [1.807, 2.05) is 51.1 Å². The van der Waals surface area contributed by atoms with Crippen LogP contribution in [0.2, 0.25) is 0 Å². The van der Waals surface area contributed by atoms with E-state index in [4.69, 9.17) is 4.18 Å². The van der Waals surface area contributed by atoms with Crippen LogP contribution in [0.5, 0.6) is 5.75 Å². The van der Waals surface area contributed by atoms with Crippen LogP contribution in [0.4, 0.5) is 10.5 Å². The van der Waals surface area contributed by atoms with Gasteiger partial charge in [-0.05, 0) is 56.5 Å². The summed E-state index contributed by atoms with van der Waals surface area (Å²) in [6.45, 7) is 7.82. The lowest BCUT2D eigenvalue weighted by Gasteiger charge is -2.29. The van der Waals surface area contributed by atoms with Crippen LogP contribution in [0.3, 0.4) is 0 Å². The van der Waals surface area contributed by atoms with Crippen LogP contribution in [-0.2, 0) is 16.7 Å². The van der Waals surface area contributed by atoms with Gasteiger partial charge in [-0.1, -0.05) is 37.3 Å². The summed E-state index contributed by atoms with van der Waals surface area (Å²) < 4.78 is 28.5. The Labute approximate surface area is 167 Å². The number of anilines is 1. The van der Waals surface area contributed by atoms with Crippen LogP contribution < -0.4 is 9.50 Å². The van der Waals surface area contributed by atoms with Crippen molar-refractivity contribution in [1.82, 2.24) is 4.90 Å². The minimum Gasteiger partial charge on any atom is -0.382 e. The molecule has 0 spiro atoms. The van der Waals surface area contributed by atoms with Gasteiger partial charge < -0.3 is 14.4 Å². The molecule has 0 aromatic heterocycles. The number of hydrogen-bond donors (Lipinski definition) is 1. The highest BCUT2D eigenvalue weighted by Crippen LogP contribution is 2.20. The summed E-state index contributed by atoms with van der Waals surface area (Å²) in [5.41, 5.74) is 2.55. The van der Waals surface area contributed by atoms with E-state index >= 15 is 0 Å². The third-order valence-corrected chi connectivity index (χ3v) is 5.75. The van der Waals surface area contributed by atoms with Crippen LogP contribution in [0.15, 0.2) is 48.5 Å². The van der Waals surface area contributed by atoms with E-state index in [2.05, 4.69) is 5.32 Å². The smallest absolute Gasteiger partial charge is 0.322 e. The summed E-state index contributed by atoms with van der Waals surface area (Å²) in [4.78, 5) is 14.7. The van der Waals surface area contributed by atoms with Gasteiger partial charge >= 0.3 is 16.1 Å². The molecule has 0 aliphatic heterocycles. The zero-order chi connectivity index (χ0) is 20.7. The Morgan fingerprint density at radius 2 is 1.86 bits per heavy atom. The lowest BCUT2D eigenvalue weighted by molar-refractivity contribution is 0.187. The number of benzene rings is 2. The lowest BCUT2D eigenvalue weighted by Crippen LogP contribution is -2.40. The van der Waals surface area contributed by atoms with Crippen molar-refractivity contribution in [3.63, 3.8) is 0 Å². The van der Waals surface area contributed by atoms with Crippen LogP contribution in [0.25, 0.3) is 0 Å². The number of urea groups is 1. The molecule has 2 aromatic carbocycles. The van der Waals surface area contributed by atoms with Gasteiger partial charge in [0.25, 0.3) is 0 Å². The first-order valence-corrected chi connectivity index (χ1v) is 11.0. The average molecular weight is 405 g/mol. The van der Waals surface area contributed by atoms with Crippen molar-refractivity contribution >= 4 is 21.8 Å². The van der Waals surface area contributed by atoms with Gasteiger partial charge in [0.1, 0.15) is 5.75 Å². The molecule has 2 rings (SSSR count). The van der Waals surface area contributed by atoms with E-state index in [1.54, 1.807) is 23.1 Å². The van der Waals surface area contributed by atoms with Gasteiger partial charge in [-0.3, -0.25) is 0 Å². The van der Waals surface area contributed by atoms with Crippen molar-refractivity contribution in [2.24, 2.45) is 0 Å². The summed E-state index contributed by atoms with van der Waals surface area (Å²) in [6.07, 6.45) is 0.793. The first-order valence-electron chi connectivity index (χ1n) is 9.40. The Morgan fingerprint density at radius 1 is 1.14 bits per heavy atom. The van der Waals surface area contributed by atoms with Gasteiger partial charge in [-0.15, -0.1) is 0 Å². The maximum Gasteiger partial charge on any atom is 0.322 e. The van der Waals surface area contributed by atoms with E-state index in [9.17, 15) is 13.2 Å². The molecule has 0 aliphatic rings. The standard InChI is InChI=1S/C21H28N2O4S/c1-5-17(4)23(21(24)22-20-13-8-7-10-16(20)3)15-18-11-9-12-19(14-18)27-28(25,26)6-2/h7-14,17H,5-6,15H2,1-4H3,(H,22,24). The Hall–Kier alpha value is -2.54. The van der Waals surface area contributed by atoms with Crippen LogP contribution in [0.1, 0.15) is 38.3 Å². The average Bonchev–Trinajstić information content (AvgIpc) is 2.67. The fraction of sp³-hybridized carbons (Fsp3) is 0.381. The van der Waals surface area contributed by atoms with Crippen LogP contribution in [-0.4, -0.2) is 31.1 Å². The van der Waals surface area contributed by atoms with Gasteiger partial charge in [0.15, 0.2) is 0 Å². The quantitative estimate of drug-likeness (QED) is 0.655. The highest BCUT2D eigenvalue weighted by molar-refractivity contribution is 7.87. The summed E-state index contributed by atoms with van der Waals surface area (Å²) in [6, 6.07) is 14.2. The molecular formula is C21H28N2O4S. The van der Waals surface area contributed by atoms with Crippen molar-refractivity contribution in [2.45, 2.75) is 46.7 Å². The third-order valence-electron chi connectivity index (χ3n) is 4.60. The predicted octanol–water partition coefficient (Wildman–Crippen LogP) is 4.56. The number of amides is 2. The van der Waals surface area contributed by atoms with Gasteiger partial charge in [-0.2, -0.15) is 8.42 Å². The molecule has 2 amide bonds. The molecule has 6 nitrogen and oxygen atoms in total. The van der Waals surface area contributed by atoms with Crippen LogP contribution in [0, 0.1) is 6.92 Å². The molecule has 0 heterocycles. The minimum absolute atomic E-state index is 0.00738. The van der Waals surface area contributed by atoms with Crippen molar-refractivity contribution in [3.05, 3.63) is 59.7 Å². The molecule has 0 aliphatic carbocycles. The number of para-hydroxylation sites is 1. The van der Waals surface area contributed by atoms with E-state index < -0.39 is 10.1 Å². The summed E-state index contributed by atoms with van der Waals surface area (Å²) in [5.74, 6) is 0.150. The van der Waals surface area contributed by atoms with E-state index in [0.29, 0.717) is 6.54 Å². The van der Waals surface area contributed by atoms with E-state index in [0.717, 1.165) is 23.2 Å². The SMILES string of the molecule is CCC(C)N(Cc1cccc(OS(=O)(=O)CC)c1)C(=O)Nc1ccccc1C. The maximum atomic E-state index is 12.9. The number of nitrogens with one attached hydrogen (secondary N) is 1. The molecule has 0 radical (unpaired) electrons.